The predicted octanol–water partition coefficient (Wildman–Crippen LogP) is 1.26. The Morgan fingerprint density at radius 1 is 1.25 bits per heavy atom. The lowest BCUT2D eigenvalue weighted by Gasteiger charge is -2.45. The second-order valence-electron chi connectivity index (χ2n) is 3.77. The molecule has 2 rings (SSSR count). The van der Waals surface area contributed by atoms with Crippen LogP contribution in [0.2, 0.25) is 0 Å². The Hall–Kier alpha value is -0.120. The standard InChI is InChI=1S/C9H16O3/c10-6-3-8-1-4-9(5-2-8)11-7-12-9/h8,10H,1-7H2. The van der Waals surface area contributed by atoms with Crippen LogP contribution < -0.4 is 0 Å². The molecule has 2 aliphatic rings. The first-order valence-corrected chi connectivity index (χ1v) is 4.73. The molecule has 0 atom stereocenters. The Morgan fingerprint density at radius 2 is 1.92 bits per heavy atom. The fourth-order valence-electron chi connectivity index (χ4n) is 2.10. The highest BCUT2D eigenvalue weighted by Crippen LogP contribution is 2.41. The smallest absolute Gasteiger partial charge is 0.174 e. The lowest BCUT2D eigenvalue weighted by molar-refractivity contribution is -0.408. The molecule has 1 N–H and O–H groups in total. The van der Waals surface area contributed by atoms with Gasteiger partial charge in [0.15, 0.2) is 12.6 Å². The van der Waals surface area contributed by atoms with Gasteiger partial charge in [0.25, 0.3) is 0 Å². The SMILES string of the molecule is OCCC1CCC2(CC1)OCO2. The van der Waals surface area contributed by atoms with Crippen molar-refractivity contribution >= 4 is 0 Å². The molecule has 0 bridgehead atoms. The summed E-state index contributed by atoms with van der Waals surface area (Å²) in [6.45, 7) is 0.796. The summed E-state index contributed by atoms with van der Waals surface area (Å²) in [4.78, 5) is 0. The van der Waals surface area contributed by atoms with Crippen LogP contribution in [-0.2, 0) is 9.47 Å². The molecule has 12 heavy (non-hydrogen) atoms. The van der Waals surface area contributed by atoms with Crippen LogP contribution in [0, 0.1) is 5.92 Å². The van der Waals surface area contributed by atoms with Crippen LogP contribution in [0.4, 0.5) is 0 Å². The maximum atomic E-state index is 8.76. The van der Waals surface area contributed by atoms with Gasteiger partial charge in [0, 0.05) is 19.4 Å². The molecule has 1 spiro atoms. The summed E-state index contributed by atoms with van der Waals surface area (Å²) in [5, 5.41) is 8.76. The minimum Gasteiger partial charge on any atom is -0.396 e. The number of ether oxygens (including phenoxy) is 2. The van der Waals surface area contributed by atoms with Gasteiger partial charge in [-0.05, 0) is 25.2 Å². The molecule has 0 aromatic carbocycles. The number of aliphatic hydroxyl groups is 1. The van der Waals surface area contributed by atoms with E-state index in [0.29, 0.717) is 19.3 Å². The first-order chi connectivity index (χ1) is 5.85. The van der Waals surface area contributed by atoms with E-state index in [2.05, 4.69) is 0 Å². The third-order valence-corrected chi connectivity index (χ3v) is 3.05. The molecule has 0 radical (unpaired) electrons. The van der Waals surface area contributed by atoms with E-state index in [-0.39, 0.29) is 5.79 Å². The molecule has 2 fully saturated rings. The summed E-state index contributed by atoms with van der Waals surface area (Å²) >= 11 is 0. The zero-order valence-corrected chi connectivity index (χ0v) is 7.29. The van der Waals surface area contributed by atoms with Crippen molar-refractivity contribution in [1.29, 1.82) is 0 Å². The predicted molar refractivity (Wildman–Crippen MR) is 43.4 cm³/mol. The van der Waals surface area contributed by atoms with Gasteiger partial charge in [-0.2, -0.15) is 0 Å². The highest BCUT2D eigenvalue weighted by atomic mass is 16.9. The second-order valence-corrected chi connectivity index (χ2v) is 3.77. The number of aliphatic hydroxyl groups excluding tert-OH is 1. The number of rotatable bonds is 2. The Labute approximate surface area is 72.7 Å². The van der Waals surface area contributed by atoms with Gasteiger partial charge >= 0.3 is 0 Å². The monoisotopic (exact) mass is 172 g/mol. The van der Waals surface area contributed by atoms with Gasteiger partial charge in [-0.25, -0.2) is 0 Å². The molecular formula is C9H16O3. The summed E-state index contributed by atoms with van der Waals surface area (Å²) in [5.74, 6) is 0.486. The maximum absolute atomic E-state index is 8.76. The minimum absolute atomic E-state index is 0.202. The van der Waals surface area contributed by atoms with Crippen molar-refractivity contribution < 1.29 is 14.6 Å². The molecule has 0 unspecified atom stereocenters. The highest BCUT2D eigenvalue weighted by molar-refractivity contribution is 4.82. The molecule has 1 saturated carbocycles. The fraction of sp³-hybridized carbons (Fsp3) is 1.00. The molecule has 3 heteroatoms. The normalized spacial score (nSPS) is 28.8. The van der Waals surface area contributed by atoms with Crippen LogP contribution in [0.15, 0.2) is 0 Å². The molecule has 1 saturated heterocycles. The van der Waals surface area contributed by atoms with E-state index in [4.69, 9.17) is 14.6 Å². The van der Waals surface area contributed by atoms with Crippen molar-refractivity contribution in [3.63, 3.8) is 0 Å². The van der Waals surface area contributed by atoms with E-state index < -0.39 is 0 Å². The Kier molecular flexibility index (Phi) is 2.35. The zero-order valence-electron chi connectivity index (χ0n) is 7.29. The van der Waals surface area contributed by atoms with Gasteiger partial charge < -0.3 is 14.6 Å². The minimum atomic E-state index is -0.202. The Balaban J connectivity index is 1.77. The van der Waals surface area contributed by atoms with E-state index in [9.17, 15) is 0 Å². The zero-order chi connectivity index (χ0) is 8.44. The van der Waals surface area contributed by atoms with Crippen LogP contribution in [-0.4, -0.2) is 24.3 Å². The molecule has 0 aromatic rings. The molecular weight excluding hydrogens is 156 g/mol. The number of hydrogen-bond donors (Lipinski definition) is 1. The van der Waals surface area contributed by atoms with Crippen LogP contribution >= 0.6 is 0 Å². The summed E-state index contributed by atoms with van der Waals surface area (Å²) in [6, 6.07) is 0. The molecule has 1 heterocycles. The molecule has 70 valence electrons. The van der Waals surface area contributed by atoms with Gasteiger partial charge in [-0.3, -0.25) is 0 Å². The maximum Gasteiger partial charge on any atom is 0.174 e. The van der Waals surface area contributed by atoms with Crippen molar-refractivity contribution in [3.8, 4) is 0 Å². The van der Waals surface area contributed by atoms with Crippen molar-refractivity contribution in [1.82, 2.24) is 0 Å². The van der Waals surface area contributed by atoms with Crippen LogP contribution in [0.3, 0.4) is 0 Å². The fourth-order valence-corrected chi connectivity index (χ4v) is 2.10. The highest BCUT2D eigenvalue weighted by Gasteiger charge is 2.42. The van der Waals surface area contributed by atoms with Crippen molar-refractivity contribution in [2.24, 2.45) is 5.92 Å². The van der Waals surface area contributed by atoms with Crippen molar-refractivity contribution in [2.45, 2.75) is 37.9 Å². The van der Waals surface area contributed by atoms with Gasteiger partial charge in [0.05, 0.1) is 0 Å². The van der Waals surface area contributed by atoms with Gasteiger partial charge in [0.1, 0.15) is 0 Å². The second kappa shape index (κ2) is 3.32. The van der Waals surface area contributed by atoms with Crippen LogP contribution in [0.1, 0.15) is 32.1 Å². The van der Waals surface area contributed by atoms with Crippen molar-refractivity contribution in [2.75, 3.05) is 13.4 Å². The topological polar surface area (TPSA) is 38.7 Å². The lowest BCUT2D eigenvalue weighted by atomic mass is 9.83. The van der Waals surface area contributed by atoms with E-state index >= 15 is 0 Å². The number of hydrogen-bond acceptors (Lipinski definition) is 3. The summed E-state index contributed by atoms with van der Waals surface area (Å²) in [5.41, 5.74) is 0. The molecule has 1 aliphatic heterocycles. The third-order valence-electron chi connectivity index (χ3n) is 3.05. The first-order valence-electron chi connectivity index (χ1n) is 4.73. The molecule has 3 nitrogen and oxygen atoms in total. The van der Waals surface area contributed by atoms with E-state index in [0.717, 1.165) is 32.1 Å². The third kappa shape index (κ3) is 1.49. The summed E-state index contributed by atoms with van der Waals surface area (Å²) < 4.78 is 10.8. The average molecular weight is 172 g/mol. The van der Waals surface area contributed by atoms with Crippen LogP contribution in [0.5, 0.6) is 0 Å². The Bertz CT molecular complexity index is 144. The first kappa shape index (κ1) is 8.48. The summed E-state index contributed by atoms with van der Waals surface area (Å²) in [7, 11) is 0. The largest absolute Gasteiger partial charge is 0.396 e. The average Bonchev–Trinajstić information content (AvgIpc) is 2.04. The van der Waals surface area contributed by atoms with Gasteiger partial charge in [-0.1, -0.05) is 0 Å². The van der Waals surface area contributed by atoms with E-state index in [1.807, 2.05) is 0 Å². The van der Waals surface area contributed by atoms with E-state index in [1.165, 1.54) is 0 Å². The van der Waals surface area contributed by atoms with Gasteiger partial charge in [0.2, 0.25) is 0 Å². The van der Waals surface area contributed by atoms with Crippen molar-refractivity contribution in [3.05, 3.63) is 0 Å². The lowest BCUT2D eigenvalue weighted by Crippen LogP contribution is -2.49. The molecule has 1 aliphatic carbocycles. The van der Waals surface area contributed by atoms with Gasteiger partial charge in [-0.15, -0.1) is 0 Å². The van der Waals surface area contributed by atoms with E-state index in [1.54, 1.807) is 0 Å². The summed E-state index contributed by atoms with van der Waals surface area (Å²) in [6.07, 6.45) is 5.24. The molecule has 0 aromatic heterocycles. The Morgan fingerprint density at radius 3 is 2.33 bits per heavy atom. The quantitative estimate of drug-likeness (QED) is 0.681. The van der Waals surface area contributed by atoms with Crippen LogP contribution in [0.25, 0.3) is 0 Å². The molecule has 0 amide bonds.